The molecule has 1 fully saturated rings. The fraction of sp³-hybridized carbons (Fsp3) is 0.278. The normalized spacial score (nSPS) is 17.1. The Bertz CT molecular complexity index is 1110. The van der Waals surface area contributed by atoms with Gasteiger partial charge in [0.15, 0.2) is 0 Å². The van der Waals surface area contributed by atoms with E-state index in [9.17, 15) is 21.6 Å². The third-order valence-corrected chi connectivity index (χ3v) is 6.65. The van der Waals surface area contributed by atoms with Gasteiger partial charge >= 0.3 is 0 Å². The molecule has 2 aromatic rings. The SMILES string of the molecule is NS(=O)(=O)c1cccc(S(=O)(=O)Nc2ccccc2C(=O)NCC2CCCO2)c1. The van der Waals surface area contributed by atoms with Gasteiger partial charge in [0.1, 0.15) is 0 Å². The molecule has 1 atom stereocenters. The molecule has 0 saturated carbocycles. The van der Waals surface area contributed by atoms with Gasteiger partial charge in [0.2, 0.25) is 10.0 Å². The number of primary sulfonamides is 1. The molecule has 4 N–H and O–H groups in total. The predicted molar refractivity (Wildman–Crippen MR) is 106 cm³/mol. The van der Waals surface area contributed by atoms with Crippen LogP contribution in [0, 0.1) is 0 Å². The molecule has 29 heavy (non-hydrogen) atoms. The fourth-order valence-electron chi connectivity index (χ4n) is 2.90. The van der Waals surface area contributed by atoms with Gasteiger partial charge in [-0.3, -0.25) is 9.52 Å². The smallest absolute Gasteiger partial charge is 0.261 e. The van der Waals surface area contributed by atoms with E-state index in [-0.39, 0.29) is 27.1 Å². The van der Waals surface area contributed by atoms with Crippen molar-refractivity contribution < 1.29 is 26.4 Å². The zero-order chi connectivity index (χ0) is 21.1. The van der Waals surface area contributed by atoms with Crippen LogP contribution >= 0.6 is 0 Å². The number of para-hydroxylation sites is 1. The number of hydrogen-bond acceptors (Lipinski definition) is 6. The Morgan fingerprint density at radius 1 is 1.07 bits per heavy atom. The van der Waals surface area contributed by atoms with E-state index in [4.69, 9.17) is 9.88 Å². The number of rotatable bonds is 7. The summed E-state index contributed by atoms with van der Waals surface area (Å²) in [6.45, 7) is 0.991. The Hall–Kier alpha value is -2.47. The quantitative estimate of drug-likeness (QED) is 0.588. The number of amides is 1. The van der Waals surface area contributed by atoms with Crippen molar-refractivity contribution in [3.8, 4) is 0 Å². The highest BCUT2D eigenvalue weighted by molar-refractivity contribution is 7.93. The average Bonchev–Trinajstić information content (AvgIpc) is 3.19. The highest BCUT2D eigenvalue weighted by Crippen LogP contribution is 2.22. The average molecular weight is 440 g/mol. The first-order valence-corrected chi connectivity index (χ1v) is 11.8. The molecular formula is C18H21N3O6S2. The van der Waals surface area contributed by atoms with Crippen LogP contribution in [0.5, 0.6) is 0 Å². The van der Waals surface area contributed by atoms with Gasteiger partial charge in [-0.1, -0.05) is 18.2 Å². The molecule has 0 radical (unpaired) electrons. The molecule has 2 aromatic carbocycles. The van der Waals surface area contributed by atoms with Gasteiger partial charge in [0.25, 0.3) is 15.9 Å². The van der Waals surface area contributed by atoms with E-state index in [0.717, 1.165) is 18.9 Å². The molecule has 0 aromatic heterocycles. The molecule has 0 spiro atoms. The van der Waals surface area contributed by atoms with Crippen LogP contribution in [0.4, 0.5) is 5.69 Å². The van der Waals surface area contributed by atoms with Crippen molar-refractivity contribution in [2.45, 2.75) is 28.7 Å². The number of ether oxygens (including phenoxy) is 1. The van der Waals surface area contributed by atoms with Crippen molar-refractivity contribution in [3.05, 3.63) is 54.1 Å². The summed E-state index contributed by atoms with van der Waals surface area (Å²) >= 11 is 0. The first-order chi connectivity index (χ1) is 13.7. The molecular weight excluding hydrogens is 418 g/mol. The van der Waals surface area contributed by atoms with Crippen LogP contribution in [-0.4, -0.2) is 42.0 Å². The summed E-state index contributed by atoms with van der Waals surface area (Å²) < 4.78 is 56.2. The summed E-state index contributed by atoms with van der Waals surface area (Å²) in [7, 11) is -8.22. The number of anilines is 1. The van der Waals surface area contributed by atoms with Gasteiger partial charge < -0.3 is 10.1 Å². The lowest BCUT2D eigenvalue weighted by atomic mass is 10.1. The van der Waals surface area contributed by atoms with Gasteiger partial charge in [-0.2, -0.15) is 0 Å². The minimum Gasteiger partial charge on any atom is -0.376 e. The number of benzene rings is 2. The Labute approximate surface area is 169 Å². The van der Waals surface area contributed by atoms with Gasteiger partial charge in [0, 0.05) is 13.2 Å². The molecule has 11 heteroatoms. The highest BCUT2D eigenvalue weighted by Gasteiger charge is 2.22. The molecule has 1 saturated heterocycles. The summed E-state index contributed by atoms with van der Waals surface area (Å²) in [5.74, 6) is -0.447. The first kappa shape index (κ1) is 21.2. The lowest BCUT2D eigenvalue weighted by Crippen LogP contribution is -2.32. The van der Waals surface area contributed by atoms with Crippen molar-refractivity contribution in [1.29, 1.82) is 0 Å². The molecule has 9 nitrogen and oxygen atoms in total. The topological polar surface area (TPSA) is 145 Å². The second kappa shape index (κ2) is 8.49. The third-order valence-electron chi connectivity index (χ3n) is 4.37. The summed E-state index contributed by atoms with van der Waals surface area (Å²) in [5, 5.41) is 7.81. The predicted octanol–water partition coefficient (Wildman–Crippen LogP) is 1.04. The van der Waals surface area contributed by atoms with Crippen LogP contribution in [-0.2, 0) is 24.8 Å². The standard InChI is InChI=1S/C18H21N3O6S2/c19-28(23,24)14-6-3-7-15(11-14)29(25,26)21-17-9-2-1-8-16(17)18(22)20-12-13-5-4-10-27-13/h1-3,6-9,11,13,21H,4-5,10,12H2,(H,20,22)(H2,19,23,24). The second-order valence-electron chi connectivity index (χ2n) is 6.52. The molecule has 1 heterocycles. The molecule has 1 unspecified atom stereocenters. The number of carbonyl (C=O) groups excluding carboxylic acids is 1. The monoisotopic (exact) mass is 439 g/mol. The third kappa shape index (κ3) is 5.32. The number of carbonyl (C=O) groups is 1. The number of nitrogens with one attached hydrogen (secondary N) is 2. The van der Waals surface area contributed by atoms with E-state index in [2.05, 4.69) is 10.0 Å². The molecule has 1 aliphatic rings. The summed E-state index contributed by atoms with van der Waals surface area (Å²) in [6.07, 6.45) is 1.74. The van der Waals surface area contributed by atoms with Crippen LogP contribution in [0.1, 0.15) is 23.2 Å². The second-order valence-corrected chi connectivity index (χ2v) is 9.76. The molecule has 1 amide bonds. The van der Waals surface area contributed by atoms with Crippen molar-refractivity contribution in [1.82, 2.24) is 5.32 Å². The minimum atomic E-state index is -4.16. The maximum atomic E-state index is 12.7. The van der Waals surface area contributed by atoms with E-state index in [1.165, 1.54) is 30.3 Å². The van der Waals surface area contributed by atoms with Crippen molar-refractivity contribution in [2.75, 3.05) is 17.9 Å². The summed E-state index contributed by atoms with van der Waals surface area (Å²) in [6, 6.07) is 10.8. The van der Waals surface area contributed by atoms with E-state index in [1.54, 1.807) is 12.1 Å². The van der Waals surface area contributed by atoms with Crippen LogP contribution in [0.15, 0.2) is 58.3 Å². The van der Waals surface area contributed by atoms with Crippen LogP contribution in [0.3, 0.4) is 0 Å². The summed E-state index contributed by atoms with van der Waals surface area (Å²) in [4.78, 5) is 11.9. The number of hydrogen-bond donors (Lipinski definition) is 3. The van der Waals surface area contributed by atoms with Crippen molar-refractivity contribution in [2.24, 2.45) is 5.14 Å². The minimum absolute atomic E-state index is 0.0521. The van der Waals surface area contributed by atoms with Crippen LogP contribution in [0.25, 0.3) is 0 Å². The molecule has 3 rings (SSSR count). The van der Waals surface area contributed by atoms with Crippen LogP contribution in [0.2, 0.25) is 0 Å². The number of nitrogens with two attached hydrogens (primary N) is 1. The van der Waals surface area contributed by atoms with Gasteiger partial charge in [0.05, 0.1) is 27.1 Å². The Kier molecular flexibility index (Phi) is 6.22. The zero-order valence-corrected chi connectivity index (χ0v) is 17.0. The van der Waals surface area contributed by atoms with E-state index >= 15 is 0 Å². The van der Waals surface area contributed by atoms with Crippen molar-refractivity contribution in [3.63, 3.8) is 0 Å². The highest BCUT2D eigenvalue weighted by atomic mass is 32.2. The molecule has 0 aliphatic carbocycles. The molecule has 0 bridgehead atoms. The lowest BCUT2D eigenvalue weighted by molar-refractivity contribution is 0.0858. The summed E-state index contributed by atoms with van der Waals surface area (Å²) in [5.41, 5.74) is 0.204. The van der Waals surface area contributed by atoms with E-state index < -0.39 is 26.0 Å². The maximum Gasteiger partial charge on any atom is 0.261 e. The first-order valence-electron chi connectivity index (χ1n) is 8.81. The Morgan fingerprint density at radius 2 is 1.79 bits per heavy atom. The van der Waals surface area contributed by atoms with Crippen LogP contribution < -0.4 is 15.2 Å². The number of sulfonamides is 2. The van der Waals surface area contributed by atoms with E-state index in [0.29, 0.717) is 13.2 Å². The van der Waals surface area contributed by atoms with E-state index in [1.807, 2.05) is 0 Å². The van der Waals surface area contributed by atoms with Gasteiger partial charge in [-0.25, -0.2) is 22.0 Å². The Balaban J connectivity index is 1.82. The van der Waals surface area contributed by atoms with Gasteiger partial charge in [-0.15, -0.1) is 0 Å². The molecule has 1 aliphatic heterocycles. The zero-order valence-electron chi connectivity index (χ0n) is 15.4. The lowest BCUT2D eigenvalue weighted by Gasteiger charge is -2.14. The van der Waals surface area contributed by atoms with Gasteiger partial charge in [-0.05, 0) is 43.2 Å². The van der Waals surface area contributed by atoms with Crippen molar-refractivity contribution >= 4 is 31.6 Å². The maximum absolute atomic E-state index is 12.7. The molecule has 156 valence electrons. The largest absolute Gasteiger partial charge is 0.376 e. The Morgan fingerprint density at radius 3 is 2.48 bits per heavy atom. The fourth-order valence-corrected chi connectivity index (χ4v) is 4.66.